The zero-order valence-electron chi connectivity index (χ0n) is 14.8. The summed E-state index contributed by atoms with van der Waals surface area (Å²) in [5.74, 6) is -0.958. The van der Waals surface area contributed by atoms with Crippen molar-refractivity contribution in [3.63, 3.8) is 0 Å². The van der Waals surface area contributed by atoms with E-state index in [-0.39, 0.29) is 29.0 Å². The third kappa shape index (κ3) is 6.73. The highest BCUT2D eigenvalue weighted by molar-refractivity contribution is 7.80. The Morgan fingerprint density at radius 2 is 2.04 bits per heavy atom. The maximum atomic E-state index is 14.1. The molecule has 3 nitrogen and oxygen atoms in total. The lowest BCUT2D eigenvalue weighted by Gasteiger charge is -2.22. The summed E-state index contributed by atoms with van der Waals surface area (Å²) in [6.45, 7) is 9.51. The summed E-state index contributed by atoms with van der Waals surface area (Å²) in [6, 6.07) is 2.71. The maximum absolute atomic E-state index is 14.1. The number of carbonyl (C=O) groups is 1. The largest absolute Gasteiger partial charge is 0.481 e. The van der Waals surface area contributed by atoms with Crippen molar-refractivity contribution in [1.82, 2.24) is 0 Å². The molecule has 0 radical (unpaired) electrons. The SMILES string of the molecule is CCCC(C)C(=O)Nc1cc(CC(=S)OC(C)(C)C)c(Cl)cc1F. The van der Waals surface area contributed by atoms with E-state index in [0.29, 0.717) is 10.6 Å². The van der Waals surface area contributed by atoms with Gasteiger partial charge in [-0.15, -0.1) is 0 Å². The highest BCUT2D eigenvalue weighted by atomic mass is 35.5. The zero-order chi connectivity index (χ0) is 18.5. The van der Waals surface area contributed by atoms with Crippen LogP contribution in [-0.2, 0) is 16.0 Å². The van der Waals surface area contributed by atoms with Crippen LogP contribution in [-0.4, -0.2) is 16.6 Å². The van der Waals surface area contributed by atoms with Gasteiger partial charge in [-0.3, -0.25) is 4.79 Å². The van der Waals surface area contributed by atoms with E-state index in [1.807, 2.05) is 34.6 Å². The Morgan fingerprint density at radius 3 is 2.58 bits per heavy atom. The number of ether oxygens (including phenoxy) is 1. The molecule has 0 aliphatic heterocycles. The average molecular weight is 374 g/mol. The second-order valence-electron chi connectivity index (χ2n) is 6.87. The number of rotatable bonds is 6. The Labute approximate surface area is 153 Å². The van der Waals surface area contributed by atoms with Crippen LogP contribution in [0, 0.1) is 11.7 Å². The summed E-state index contributed by atoms with van der Waals surface area (Å²) in [5, 5.41) is 3.25. The first-order chi connectivity index (χ1) is 11.0. The minimum Gasteiger partial charge on any atom is -0.481 e. The third-order valence-electron chi connectivity index (χ3n) is 3.32. The predicted molar refractivity (Wildman–Crippen MR) is 101 cm³/mol. The Morgan fingerprint density at radius 1 is 1.42 bits per heavy atom. The number of thiocarbonyl (C=S) groups is 1. The van der Waals surface area contributed by atoms with Crippen LogP contribution >= 0.6 is 23.8 Å². The van der Waals surface area contributed by atoms with E-state index >= 15 is 0 Å². The van der Waals surface area contributed by atoms with Gasteiger partial charge in [0.2, 0.25) is 5.91 Å². The van der Waals surface area contributed by atoms with Crippen LogP contribution in [0.1, 0.15) is 53.0 Å². The molecule has 134 valence electrons. The lowest BCUT2D eigenvalue weighted by molar-refractivity contribution is -0.119. The number of carbonyl (C=O) groups excluding carboxylic acids is 1. The second-order valence-corrected chi connectivity index (χ2v) is 7.73. The Kier molecular flexibility index (Phi) is 7.61. The monoisotopic (exact) mass is 373 g/mol. The molecule has 0 heterocycles. The maximum Gasteiger partial charge on any atom is 0.227 e. The van der Waals surface area contributed by atoms with Crippen molar-refractivity contribution >= 4 is 40.5 Å². The number of amides is 1. The first-order valence-corrected chi connectivity index (χ1v) is 8.82. The summed E-state index contributed by atoms with van der Waals surface area (Å²) in [7, 11) is 0. The van der Waals surface area contributed by atoms with Crippen molar-refractivity contribution in [2.45, 2.75) is 59.5 Å². The normalized spacial score (nSPS) is 12.6. The number of hydrogen-bond acceptors (Lipinski definition) is 3. The van der Waals surface area contributed by atoms with Gasteiger partial charge in [0.1, 0.15) is 11.4 Å². The van der Waals surface area contributed by atoms with Gasteiger partial charge in [0.05, 0.1) is 5.69 Å². The van der Waals surface area contributed by atoms with Crippen molar-refractivity contribution in [1.29, 1.82) is 0 Å². The molecule has 1 atom stereocenters. The molecule has 0 saturated heterocycles. The molecule has 0 aliphatic carbocycles. The van der Waals surface area contributed by atoms with Crippen LogP contribution in [0.25, 0.3) is 0 Å². The first kappa shape index (κ1) is 20.8. The molecular formula is C18H25ClFNO2S. The van der Waals surface area contributed by atoms with Crippen molar-refractivity contribution in [3.8, 4) is 0 Å². The number of benzene rings is 1. The van der Waals surface area contributed by atoms with Gasteiger partial charge in [-0.1, -0.05) is 31.9 Å². The quantitative estimate of drug-likeness (QED) is 0.665. The van der Waals surface area contributed by atoms with Crippen molar-refractivity contribution in [2.24, 2.45) is 5.92 Å². The second kappa shape index (κ2) is 8.77. The average Bonchev–Trinajstić information content (AvgIpc) is 2.42. The van der Waals surface area contributed by atoms with Crippen LogP contribution in [0.15, 0.2) is 12.1 Å². The Balaban J connectivity index is 2.93. The fraction of sp³-hybridized carbons (Fsp3) is 0.556. The molecule has 1 N–H and O–H groups in total. The predicted octanol–water partition coefficient (Wildman–Crippen LogP) is 5.54. The molecule has 1 aromatic carbocycles. The van der Waals surface area contributed by atoms with Crippen LogP contribution in [0.3, 0.4) is 0 Å². The summed E-state index contributed by atoms with van der Waals surface area (Å²) in [6.07, 6.45) is 1.91. The molecule has 0 fully saturated rings. The van der Waals surface area contributed by atoms with E-state index in [4.69, 9.17) is 28.6 Å². The Bertz CT molecular complexity index is 614. The number of halogens is 2. The van der Waals surface area contributed by atoms with Gasteiger partial charge in [-0.05, 0) is 57.1 Å². The Hall–Kier alpha value is -1.20. The first-order valence-electron chi connectivity index (χ1n) is 8.04. The van der Waals surface area contributed by atoms with Gasteiger partial charge in [0, 0.05) is 17.4 Å². The van der Waals surface area contributed by atoms with Crippen molar-refractivity contribution < 1.29 is 13.9 Å². The lowest BCUT2D eigenvalue weighted by Crippen LogP contribution is -2.24. The standard InChI is InChI=1S/C18H25ClFNO2S/c1-6-7-11(2)17(22)21-15-8-12(13(19)10-14(15)20)9-16(24)23-18(3,4)5/h8,10-11H,6-7,9H2,1-5H3,(H,21,22). The summed E-state index contributed by atoms with van der Waals surface area (Å²) >= 11 is 11.3. The highest BCUT2D eigenvalue weighted by Gasteiger charge is 2.18. The molecule has 1 amide bonds. The number of anilines is 1. The van der Waals surface area contributed by atoms with Gasteiger partial charge < -0.3 is 10.1 Å². The van der Waals surface area contributed by atoms with E-state index in [9.17, 15) is 9.18 Å². The molecule has 1 aromatic rings. The van der Waals surface area contributed by atoms with Crippen molar-refractivity contribution in [2.75, 3.05) is 5.32 Å². The van der Waals surface area contributed by atoms with Gasteiger partial charge >= 0.3 is 0 Å². The summed E-state index contributed by atoms with van der Waals surface area (Å²) in [4.78, 5) is 12.1. The molecule has 0 aliphatic rings. The third-order valence-corrected chi connectivity index (χ3v) is 3.90. The molecule has 6 heteroatoms. The van der Waals surface area contributed by atoms with E-state index in [2.05, 4.69) is 5.32 Å². The molecule has 1 rings (SSSR count). The summed E-state index contributed by atoms with van der Waals surface area (Å²) in [5.41, 5.74) is 0.322. The fourth-order valence-corrected chi connectivity index (χ4v) is 2.80. The molecule has 24 heavy (non-hydrogen) atoms. The van der Waals surface area contributed by atoms with Crippen LogP contribution < -0.4 is 5.32 Å². The number of hydrogen-bond donors (Lipinski definition) is 1. The molecule has 0 spiro atoms. The van der Waals surface area contributed by atoms with Gasteiger partial charge in [-0.2, -0.15) is 0 Å². The summed E-state index contributed by atoms with van der Waals surface area (Å²) < 4.78 is 19.7. The smallest absolute Gasteiger partial charge is 0.227 e. The minimum absolute atomic E-state index is 0.112. The zero-order valence-corrected chi connectivity index (χ0v) is 16.4. The lowest BCUT2D eigenvalue weighted by atomic mass is 10.0. The van der Waals surface area contributed by atoms with E-state index in [1.54, 1.807) is 0 Å². The molecular weight excluding hydrogens is 349 g/mol. The van der Waals surface area contributed by atoms with Crippen molar-refractivity contribution in [3.05, 3.63) is 28.5 Å². The van der Waals surface area contributed by atoms with Gasteiger partial charge in [0.25, 0.3) is 0 Å². The van der Waals surface area contributed by atoms with Gasteiger partial charge in [0.15, 0.2) is 5.05 Å². The van der Waals surface area contributed by atoms with Crippen LogP contribution in [0.2, 0.25) is 5.02 Å². The van der Waals surface area contributed by atoms with E-state index < -0.39 is 11.4 Å². The molecule has 0 saturated carbocycles. The topological polar surface area (TPSA) is 38.3 Å². The van der Waals surface area contributed by atoms with Crippen LogP contribution in [0.5, 0.6) is 0 Å². The van der Waals surface area contributed by atoms with Gasteiger partial charge in [-0.25, -0.2) is 4.39 Å². The minimum atomic E-state index is -0.566. The van der Waals surface area contributed by atoms with Crippen LogP contribution in [0.4, 0.5) is 10.1 Å². The molecule has 1 unspecified atom stereocenters. The number of nitrogens with one attached hydrogen (secondary N) is 1. The highest BCUT2D eigenvalue weighted by Crippen LogP contribution is 2.26. The fourth-order valence-electron chi connectivity index (χ4n) is 2.18. The van der Waals surface area contributed by atoms with E-state index in [0.717, 1.165) is 12.8 Å². The van der Waals surface area contributed by atoms with E-state index in [1.165, 1.54) is 12.1 Å². The molecule has 0 bridgehead atoms. The molecule has 0 aromatic heterocycles.